The normalized spacial score (nSPS) is 29.5. The second-order valence-electron chi connectivity index (χ2n) is 5.68. The fraction of sp³-hybridized carbons (Fsp3) is 0.846. The Morgan fingerprint density at radius 2 is 1.95 bits per heavy atom. The van der Waals surface area contributed by atoms with E-state index in [0.29, 0.717) is 5.92 Å². The molecule has 19 heavy (non-hydrogen) atoms. The van der Waals surface area contributed by atoms with Crippen LogP contribution < -0.4 is 5.32 Å². The minimum absolute atomic E-state index is 0.0576. The Morgan fingerprint density at radius 3 is 2.53 bits per heavy atom. The number of carboxylic acids is 1. The molecule has 1 unspecified atom stereocenters. The third kappa shape index (κ3) is 3.18. The Morgan fingerprint density at radius 1 is 1.32 bits per heavy atom. The third-order valence-corrected chi connectivity index (χ3v) is 4.28. The van der Waals surface area contributed by atoms with E-state index >= 15 is 0 Å². The summed E-state index contributed by atoms with van der Waals surface area (Å²) in [5.41, 5.74) is 0. The second-order valence-corrected chi connectivity index (χ2v) is 5.68. The Bertz CT molecular complexity index is 355. The van der Waals surface area contributed by atoms with Gasteiger partial charge >= 0.3 is 12.0 Å². The largest absolute Gasteiger partial charge is 0.480 e. The van der Waals surface area contributed by atoms with Gasteiger partial charge in [-0.05, 0) is 25.7 Å². The van der Waals surface area contributed by atoms with Crippen molar-refractivity contribution in [1.29, 1.82) is 0 Å². The van der Waals surface area contributed by atoms with Crippen molar-refractivity contribution in [2.24, 2.45) is 5.92 Å². The zero-order valence-corrected chi connectivity index (χ0v) is 11.2. The molecule has 3 atom stereocenters. The van der Waals surface area contributed by atoms with Gasteiger partial charge in [-0.25, -0.2) is 9.59 Å². The van der Waals surface area contributed by atoms with E-state index in [1.165, 1.54) is 17.7 Å². The van der Waals surface area contributed by atoms with Gasteiger partial charge in [0, 0.05) is 19.0 Å². The summed E-state index contributed by atoms with van der Waals surface area (Å²) in [4.78, 5) is 24.4. The molecule has 108 valence electrons. The zero-order valence-electron chi connectivity index (χ0n) is 11.2. The van der Waals surface area contributed by atoms with Crippen LogP contribution in [0.25, 0.3) is 0 Å². The standard InChI is InChI=1S/C13H22N2O4/c1-8(9-4-2-3-5-9)14-13(19)15-7-10(16)6-11(15)12(17)18/h8-11,16H,2-7H2,1H3,(H,14,19)(H,17,18)/t8?,10-,11-/m0/s1. The first kappa shape index (κ1) is 14.1. The molecule has 2 aliphatic rings. The number of aliphatic hydroxyl groups is 1. The highest BCUT2D eigenvalue weighted by Crippen LogP contribution is 2.28. The van der Waals surface area contributed by atoms with Gasteiger partial charge in [0.2, 0.25) is 0 Å². The molecule has 2 fully saturated rings. The quantitative estimate of drug-likeness (QED) is 0.707. The topological polar surface area (TPSA) is 89.9 Å². The Labute approximate surface area is 112 Å². The van der Waals surface area contributed by atoms with Gasteiger partial charge in [0.15, 0.2) is 0 Å². The summed E-state index contributed by atoms with van der Waals surface area (Å²) in [6.07, 6.45) is 4.00. The molecule has 3 N–H and O–H groups in total. The molecule has 6 nitrogen and oxygen atoms in total. The predicted molar refractivity (Wildman–Crippen MR) is 68.7 cm³/mol. The van der Waals surface area contributed by atoms with Crippen LogP contribution in [0.4, 0.5) is 4.79 Å². The molecule has 2 amide bonds. The highest BCUT2D eigenvalue weighted by atomic mass is 16.4. The van der Waals surface area contributed by atoms with Crippen LogP contribution in [0.2, 0.25) is 0 Å². The third-order valence-electron chi connectivity index (χ3n) is 4.28. The number of nitrogens with one attached hydrogen (secondary N) is 1. The van der Waals surface area contributed by atoms with Crippen LogP contribution in [0.3, 0.4) is 0 Å². The van der Waals surface area contributed by atoms with Crippen molar-refractivity contribution in [1.82, 2.24) is 10.2 Å². The van der Waals surface area contributed by atoms with E-state index in [1.54, 1.807) is 0 Å². The highest BCUT2D eigenvalue weighted by molar-refractivity contribution is 5.83. The van der Waals surface area contributed by atoms with Crippen LogP contribution in [0, 0.1) is 5.92 Å². The number of hydrogen-bond donors (Lipinski definition) is 3. The van der Waals surface area contributed by atoms with Gasteiger partial charge in [0.1, 0.15) is 6.04 Å². The number of likely N-dealkylation sites (tertiary alicyclic amines) is 1. The van der Waals surface area contributed by atoms with Crippen molar-refractivity contribution < 1.29 is 19.8 Å². The number of carbonyl (C=O) groups is 2. The van der Waals surface area contributed by atoms with Crippen LogP contribution in [-0.2, 0) is 4.79 Å². The lowest BCUT2D eigenvalue weighted by Gasteiger charge is -2.26. The average molecular weight is 270 g/mol. The molecule has 1 aliphatic heterocycles. The number of amides is 2. The van der Waals surface area contributed by atoms with E-state index in [9.17, 15) is 14.7 Å². The summed E-state index contributed by atoms with van der Waals surface area (Å²) in [6, 6.07) is -1.23. The monoisotopic (exact) mass is 270 g/mol. The number of hydrogen-bond acceptors (Lipinski definition) is 3. The maximum atomic E-state index is 12.1. The smallest absolute Gasteiger partial charge is 0.326 e. The van der Waals surface area contributed by atoms with Gasteiger partial charge in [-0.3, -0.25) is 0 Å². The average Bonchev–Trinajstić information content (AvgIpc) is 2.96. The maximum Gasteiger partial charge on any atom is 0.326 e. The summed E-state index contributed by atoms with van der Waals surface area (Å²) in [5.74, 6) is -0.569. The zero-order chi connectivity index (χ0) is 14.0. The Balaban J connectivity index is 1.92. The SMILES string of the molecule is CC(NC(=O)N1C[C@@H](O)C[C@H]1C(=O)O)C1CCCC1. The molecule has 0 aromatic rings. The first-order valence-corrected chi connectivity index (χ1v) is 6.97. The number of carboxylic acid groups (broad SMARTS) is 1. The van der Waals surface area contributed by atoms with Crippen LogP contribution in [0.15, 0.2) is 0 Å². The lowest BCUT2D eigenvalue weighted by molar-refractivity contribution is -0.141. The van der Waals surface area contributed by atoms with Crippen LogP contribution >= 0.6 is 0 Å². The van der Waals surface area contributed by atoms with E-state index in [-0.39, 0.29) is 25.0 Å². The van der Waals surface area contributed by atoms with E-state index in [0.717, 1.165) is 12.8 Å². The minimum atomic E-state index is -1.06. The van der Waals surface area contributed by atoms with E-state index in [1.807, 2.05) is 6.92 Å². The van der Waals surface area contributed by atoms with E-state index in [2.05, 4.69) is 5.32 Å². The molecule has 6 heteroatoms. The van der Waals surface area contributed by atoms with Crippen LogP contribution in [-0.4, -0.2) is 51.8 Å². The molecule has 0 bridgehead atoms. The van der Waals surface area contributed by atoms with Gasteiger partial charge in [-0.1, -0.05) is 12.8 Å². The van der Waals surface area contributed by atoms with Crippen LogP contribution in [0.1, 0.15) is 39.0 Å². The molecule has 0 aromatic carbocycles. The molecular weight excluding hydrogens is 248 g/mol. The van der Waals surface area contributed by atoms with Gasteiger partial charge in [-0.15, -0.1) is 0 Å². The number of nitrogens with zero attached hydrogens (tertiary/aromatic N) is 1. The Kier molecular flexibility index (Phi) is 4.29. The number of aliphatic carboxylic acids is 1. The van der Waals surface area contributed by atoms with Crippen LogP contribution in [0.5, 0.6) is 0 Å². The maximum absolute atomic E-state index is 12.1. The lowest BCUT2D eigenvalue weighted by atomic mass is 10.00. The summed E-state index contributed by atoms with van der Waals surface area (Å²) >= 11 is 0. The molecule has 1 aliphatic carbocycles. The number of aliphatic hydroxyl groups excluding tert-OH is 1. The lowest BCUT2D eigenvalue weighted by Crippen LogP contribution is -2.50. The molecule has 2 rings (SSSR count). The molecular formula is C13H22N2O4. The molecule has 1 saturated heterocycles. The fourth-order valence-corrected chi connectivity index (χ4v) is 3.13. The molecule has 0 radical (unpaired) electrons. The van der Waals surface area contributed by atoms with Crippen molar-refractivity contribution >= 4 is 12.0 Å². The second kappa shape index (κ2) is 5.77. The van der Waals surface area contributed by atoms with Crippen molar-refractivity contribution in [2.75, 3.05) is 6.54 Å². The number of rotatable bonds is 3. The van der Waals surface area contributed by atoms with Gasteiger partial charge in [-0.2, -0.15) is 0 Å². The van der Waals surface area contributed by atoms with Gasteiger partial charge in [0.25, 0.3) is 0 Å². The molecule has 1 saturated carbocycles. The molecule has 0 spiro atoms. The van der Waals surface area contributed by atoms with Gasteiger partial charge in [0.05, 0.1) is 6.10 Å². The fourth-order valence-electron chi connectivity index (χ4n) is 3.13. The van der Waals surface area contributed by atoms with E-state index in [4.69, 9.17) is 5.11 Å². The first-order chi connectivity index (χ1) is 8.99. The van der Waals surface area contributed by atoms with Crippen molar-refractivity contribution in [2.45, 2.75) is 57.2 Å². The summed E-state index contributed by atoms with van der Waals surface area (Å²) in [6.45, 7) is 2.07. The number of β-amino-alcohol motifs (C(OH)–C–C–N with tert-alkyl or cyclic N) is 1. The molecule has 1 heterocycles. The number of carbonyl (C=O) groups excluding carboxylic acids is 1. The minimum Gasteiger partial charge on any atom is -0.480 e. The van der Waals surface area contributed by atoms with Crippen molar-refractivity contribution in [3.63, 3.8) is 0 Å². The predicted octanol–water partition coefficient (Wildman–Crippen LogP) is 0.794. The summed E-state index contributed by atoms with van der Waals surface area (Å²) < 4.78 is 0. The Hall–Kier alpha value is -1.30. The summed E-state index contributed by atoms with van der Waals surface area (Å²) in [7, 11) is 0. The number of urea groups is 1. The van der Waals surface area contributed by atoms with E-state index < -0.39 is 18.1 Å². The molecule has 0 aromatic heterocycles. The highest BCUT2D eigenvalue weighted by Gasteiger charge is 2.39. The van der Waals surface area contributed by atoms with Gasteiger partial charge < -0.3 is 20.4 Å². The first-order valence-electron chi connectivity index (χ1n) is 6.97. The summed E-state index contributed by atoms with van der Waals surface area (Å²) in [5, 5.41) is 21.5. The van der Waals surface area contributed by atoms with Crippen molar-refractivity contribution in [3.8, 4) is 0 Å². The van der Waals surface area contributed by atoms with Crippen molar-refractivity contribution in [3.05, 3.63) is 0 Å².